The minimum absolute atomic E-state index is 1.18. The predicted octanol–water partition coefficient (Wildman–Crippen LogP) is 2.67. The van der Waals surface area contributed by atoms with Gasteiger partial charge in [0.15, 0.2) is 0 Å². The van der Waals surface area contributed by atoms with Crippen molar-refractivity contribution < 1.29 is 0 Å². The van der Waals surface area contributed by atoms with E-state index in [1.54, 1.807) is 6.20 Å². The van der Waals surface area contributed by atoms with Gasteiger partial charge in [-0.2, -0.15) is 5.10 Å². The van der Waals surface area contributed by atoms with E-state index in [1.165, 1.54) is 11.1 Å². The quantitative estimate of drug-likeness (QED) is 0.582. The fourth-order valence-corrected chi connectivity index (χ4v) is 1.08. The number of nitrogens with zero attached hydrogens (tertiary/aromatic N) is 2. The summed E-state index contributed by atoms with van der Waals surface area (Å²) >= 11 is 0. The molecular weight excluding hydrogens is 148 g/mol. The van der Waals surface area contributed by atoms with Crippen LogP contribution in [0, 0.1) is 6.92 Å². The van der Waals surface area contributed by atoms with Gasteiger partial charge in [0, 0.05) is 12.4 Å². The Morgan fingerprint density at radius 3 is 2.67 bits per heavy atom. The molecule has 2 heterocycles. The minimum atomic E-state index is 1.18. The fourth-order valence-electron chi connectivity index (χ4n) is 1.08. The Morgan fingerprint density at radius 1 is 1.25 bits per heavy atom. The predicted molar refractivity (Wildman–Crippen MR) is 51.3 cm³/mol. The van der Waals surface area contributed by atoms with E-state index >= 15 is 0 Å². The molecule has 0 amide bonds. The van der Waals surface area contributed by atoms with Crippen molar-refractivity contribution in [2.45, 2.75) is 20.8 Å². The first kappa shape index (κ1) is 8.78. The zero-order chi connectivity index (χ0) is 8.97. The van der Waals surface area contributed by atoms with E-state index in [4.69, 9.17) is 0 Å². The zero-order valence-electron chi connectivity index (χ0n) is 7.78. The molecule has 0 unspecified atom stereocenters. The highest BCUT2D eigenvalue weighted by Crippen LogP contribution is 2.07. The smallest absolute Gasteiger partial charge is 0.0675 e. The lowest BCUT2D eigenvalue weighted by atomic mass is 10.3. The summed E-state index contributed by atoms with van der Waals surface area (Å²) in [5.74, 6) is 0. The largest absolute Gasteiger partial charge is 0.241 e. The molecule has 0 saturated carbocycles. The lowest BCUT2D eigenvalue weighted by Crippen LogP contribution is -1.85. The van der Waals surface area contributed by atoms with Crippen molar-refractivity contribution in [2.24, 2.45) is 0 Å². The van der Waals surface area contributed by atoms with Crippen LogP contribution in [-0.2, 0) is 0 Å². The van der Waals surface area contributed by atoms with E-state index in [0.717, 1.165) is 0 Å². The van der Waals surface area contributed by atoms with Crippen LogP contribution in [0.4, 0.5) is 0 Å². The first-order valence-corrected chi connectivity index (χ1v) is 4.27. The van der Waals surface area contributed by atoms with Gasteiger partial charge in [-0.05, 0) is 30.7 Å². The summed E-state index contributed by atoms with van der Waals surface area (Å²) in [7, 11) is 0. The van der Waals surface area contributed by atoms with Gasteiger partial charge in [0.1, 0.15) is 0 Å². The van der Waals surface area contributed by atoms with Crippen LogP contribution in [-0.4, -0.2) is 9.61 Å². The highest BCUT2D eigenvalue weighted by atomic mass is 15.2. The first-order chi connectivity index (χ1) is 5.88. The molecule has 0 fully saturated rings. The lowest BCUT2D eigenvalue weighted by molar-refractivity contribution is 0.940. The van der Waals surface area contributed by atoms with E-state index in [1.807, 2.05) is 30.6 Å². The van der Waals surface area contributed by atoms with Crippen LogP contribution >= 0.6 is 0 Å². The standard InChI is InChI=1S/C8H8N2.C2H6/c1-7-4-6-10-8(7)3-2-5-9-10;1-2/h2-6H,1H3;1-2H3. The molecule has 0 aliphatic rings. The molecule has 2 heteroatoms. The lowest BCUT2D eigenvalue weighted by Gasteiger charge is -1.90. The van der Waals surface area contributed by atoms with Crippen LogP contribution < -0.4 is 0 Å². The molecule has 2 aromatic rings. The third-order valence-corrected chi connectivity index (χ3v) is 1.65. The van der Waals surface area contributed by atoms with Crippen LogP contribution in [0.2, 0.25) is 0 Å². The summed E-state index contributed by atoms with van der Waals surface area (Å²) in [6.45, 7) is 6.08. The average molecular weight is 162 g/mol. The van der Waals surface area contributed by atoms with Gasteiger partial charge < -0.3 is 0 Å². The Balaban J connectivity index is 0.000000336. The van der Waals surface area contributed by atoms with Crippen LogP contribution in [0.5, 0.6) is 0 Å². The molecule has 2 rings (SSSR count). The third kappa shape index (κ3) is 1.47. The summed E-state index contributed by atoms with van der Waals surface area (Å²) < 4.78 is 1.87. The number of hydrogen-bond acceptors (Lipinski definition) is 1. The molecule has 2 nitrogen and oxygen atoms in total. The van der Waals surface area contributed by atoms with Crippen LogP contribution in [0.3, 0.4) is 0 Å². The number of fused-ring (bicyclic) bond motifs is 1. The van der Waals surface area contributed by atoms with Gasteiger partial charge in [0.25, 0.3) is 0 Å². The summed E-state index contributed by atoms with van der Waals surface area (Å²) in [4.78, 5) is 0. The maximum Gasteiger partial charge on any atom is 0.0675 e. The SMILES string of the molecule is CC.Cc1ccn2ncccc12. The molecule has 12 heavy (non-hydrogen) atoms. The second-order valence-electron chi connectivity index (χ2n) is 2.35. The molecule has 0 radical (unpaired) electrons. The molecule has 64 valence electrons. The van der Waals surface area contributed by atoms with Crippen molar-refractivity contribution in [3.63, 3.8) is 0 Å². The Morgan fingerprint density at radius 2 is 2.00 bits per heavy atom. The van der Waals surface area contributed by atoms with Gasteiger partial charge in [-0.3, -0.25) is 0 Å². The molecule has 0 saturated heterocycles. The highest BCUT2D eigenvalue weighted by molar-refractivity contribution is 5.53. The van der Waals surface area contributed by atoms with Crippen molar-refractivity contribution in [1.82, 2.24) is 9.61 Å². The second kappa shape index (κ2) is 3.90. The van der Waals surface area contributed by atoms with Crippen molar-refractivity contribution in [1.29, 1.82) is 0 Å². The zero-order valence-corrected chi connectivity index (χ0v) is 7.78. The number of aryl methyl sites for hydroxylation is 1. The highest BCUT2D eigenvalue weighted by Gasteiger charge is 1.93. The summed E-state index contributed by atoms with van der Waals surface area (Å²) in [5.41, 5.74) is 2.45. The second-order valence-corrected chi connectivity index (χ2v) is 2.35. The Kier molecular flexibility index (Phi) is 2.86. The fraction of sp³-hybridized carbons (Fsp3) is 0.300. The number of hydrogen-bond donors (Lipinski definition) is 0. The van der Waals surface area contributed by atoms with Gasteiger partial charge in [-0.25, -0.2) is 4.52 Å². The maximum absolute atomic E-state index is 4.12. The topological polar surface area (TPSA) is 17.3 Å². The number of aromatic nitrogens is 2. The molecule has 0 atom stereocenters. The number of rotatable bonds is 0. The summed E-state index contributed by atoms with van der Waals surface area (Å²) in [6.07, 6.45) is 3.75. The normalized spacial score (nSPS) is 9.25. The molecule has 0 bridgehead atoms. The Bertz CT molecular complexity index is 349. The van der Waals surface area contributed by atoms with Crippen LogP contribution in [0.15, 0.2) is 30.6 Å². The monoisotopic (exact) mass is 162 g/mol. The Hall–Kier alpha value is -1.31. The summed E-state index contributed by atoms with van der Waals surface area (Å²) in [6, 6.07) is 6.06. The molecular formula is C10H14N2. The van der Waals surface area contributed by atoms with Gasteiger partial charge in [0.2, 0.25) is 0 Å². The van der Waals surface area contributed by atoms with Crippen molar-refractivity contribution in [3.8, 4) is 0 Å². The molecule has 0 spiro atoms. The molecule has 0 N–H and O–H groups in total. The van der Waals surface area contributed by atoms with Gasteiger partial charge in [-0.15, -0.1) is 0 Å². The van der Waals surface area contributed by atoms with E-state index in [0.29, 0.717) is 0 Å². The summed E-state index contributed by atoms with van der Waals surface area (Å²) in [5, 5.41) is 4.12. The molecule has 2 aromatic heterocycles. The maximum atomic E-state index is 4.12. The van der Waals surface area contributed by atoms with Gasteiger partial charge in [-0.1, -0.05) is 13.8 Å². The Labute approximate surface area is 72.8 Å². The van der Waals surface area contributed by atoms with E-state index in [-0.39, 0.29) is 0 Å². The first-order valence-electron chi connectivity index (χ1n) is 4.27. The molecule has 0 aliphatic carbocycles. The van der Waals surface area contributed by atoms with E-state index < -0.39 is 0 Å². The van der Waals surface area contributed by atoms with Gasteiger partial charge >= 0.3 is 0 Å². The van der Waals surface area contributed by atoms with Crippen LogP contribution in [0.1, 0.15) is 19.4 Å². The van der Waals surface area contributed by atoms with Crippen molar-refractivity contribution in [2.75, 3.05) is 0 Å². The van der Waals surface area contributed by atoms with Crippen molar-refractivity contribution >= 4 is 5.52 Å². The van der Waals surface area contributed by atoms with Gasteiger partial charge in [0.05, 0.1) is 5.52 Å². The van der Waals surface area contributed by atoms with E-state index in [9.17, 15) is 0 Å². The molecule has 0 aliphatic heterocycles. The molecule has 0 aromatic carbocycles. The minimum Gasteiger partial charge on any atom is -0.241 e. The van der Waals surface area contributed by atoms with Crippen LogP contribution in [0.25, 0.3) is 5.52 Å². The van der Waals surface area contributed by atoms with Crippen molar-refractivity contribution in [3.05, 3.63) is 36.2 Å². The average Bonchev–Trinajstić information content (AvgIpc) is 2.53. The third-order valence-electron chi connectivity index (χ3n) is 1.65. The van der Waals surface area contributed by atoms with E-state index in [2.05, 4.69) is 24.2 Å².